The maximum atomic E-state index is 13.1. The third kappa shape index (κ3) is 2.68. The van der Waals surface area contributed by atoms with Crippen molar-refractivity contribution < 1.29 is 27.9 Å². The minimum atomic E-state index is -4.79. The first-order valence-electron chi connectivity index (χ1n) is 6.52. The van der Waals surface area contributed by atoms with E-state index in [0.717, 1.165) is 6.92 Å². The molecule has 0 bridgehead atoms. The molecule has 0 fully saturated rings. The van der Waals surface area contributed by atoms with Gasteiger partial charge in [0.15, 0.2) is 5.78 Å². The number of carbonyl (C=O) groups excluding carboxylic acids is 1. The molecule has 1 aromatic carbocycles. The van der Waals surface area contributed by atoms with Gasteiger partial charge in [-0.05, 0) is 25.1 Å². The molecule has 0 saturated heterocycles. The van der Waals surface area contributed by atoms with Crippen molar-refractivity contribution >= 4 is 22.8 Å². The number of hydrogen-bond donors (Lipinski definition) is 1. The van der Waals surface area contributed by atoms with E-state index in [4.69, 9.17) is 5.11 Å². The van der Waals surface area contributed by atoms with E-state index < -0.39 is 24.0 Å². The summed E-state index contributed by atoms with van der Waals surface area (Å²) in [6.45, 7) is 2.78. The highest BCUT2D eigenvalue weighted by atomic mass is 19.4. The molecule has 0 aliphatic rings. The number of halogens is 3. The summed E-state index contributed by atoms with van der Waals surface area (Å²) in [6, 6.07) is 2.48. The maximum absolute atomic E-state index is 13.1. The number of alkyl halides is 3. The highest BCUT2D eigenvalue weighted by Gasteiger charge is 2.39. The predicted molar refractivity (Wildman–Crippen MR) is 71.7 cm³/mol. The molecule has 0 aliphatic carbocycles. The van der Waals surface area contributed by atoms with E-state index in [9.17, 15) is 22.8 Å². The molecule has 5 nitrogen and oxygen atoms in total. The van der Waals surface area contributed by atoms with Crippen LogP contribution in [0.5, 0.6) is 0 Å². The summed E-state index contributed by atoms with van der Waals surface area (Å²) >= 11 is 0. The first-order valence-corrected chi connectivity index (χ1v) is 6.52. The van der Waals surface area contributed by atoms with Gasteiger partial charge in [-0.25, -0.2) is 9.78 Å². The van der Waals surface area contributed by atoms with Gasteiger partial charge in [0.25, 0.3) is 0 Å². The quantitative estimate of drug-likeness (QED) is 0.879. The molecule has 0 aliphatic heterocycles. The molecule has 22 heavy (non-hydrogen) atoms. The number of carbonyl (C=O) groups is 2. The van der Waals surface area contributed by atoms with Crippen LogP contribution in [0.15, 0.2) is 18.2 Å². The summed E-state index contributed by atoms with van der Waals surface area (Å²) in [4.78, 5) is 26.2. The van der Waals surface area contributed by atoms with E-state index >= 15 is 0 Å². The predicted octanol–water partition coefficient (Wildman–Crippen LogP) is 3.29. The second kappa shape index (κ2) is 5.43. The molecule has 0 spiro atoms. The van der Waals surface area contributed by atoms with Crippen molar-refractivity contribution in [2.75, 3.05) is 0 Å². The third-order valence-electron chi connectivity index (χ3n) is 3.33. The number of aliphatic carboxylic acids is 1. The number of carboxylic acids is 1. The Balaban J connectivity index is 2.74. The molecule has 1 unspecified atom stereocenters. The number of carboxylic acid groups (broad SMARTS) is 1. The van der Waals surface area contributed by atoms with Crippen LogP contribution >= 0.6 is 0 Å². The van der Waals surface area contributed by atoms with Crippen LogP contribution in [0.2, 0.25) is 0 Å². The van der Waals surface area contributed by atoms with Crippen LogP contribution in [0.1, 0.15) is 42.5 Å². The van der Waals surface area contributed by atoms with Crippen molar-refractivity contribution in [3.05, 3.63) is 29.6 Å². The number of ketones is 1. The van der Waals surface area contributed by atoms with Crippen molar-refractivity contribution in [3.8, 4) is 0 Å². The summed E-state index contributed by atoms with van der Waals surface area (Å²) < 4.78 is 39.9. The molecule has 0 radical (unpaired) electrons. The van der Waals surface area contributed by atoms with Gasteiger partial charge in [0.1, 0.15) is 6.04 Å². The van der Waals surface area contributed by atoms with E-state index in [2.05, 4.69) is 4.98 Å². The average molecular weight is 314 g/mol. The second-order valence-corrected chi connectivity index (χ2v) is 4.80. The Labute approximate surface area is 123 Å². The van der Waals surface area contributed by atoms with Crippen LogP contribution in [0, 0.1) is 0 Å². The molecule has 2 rings (SSSR count). The van der Waals surface area contributed by atoms with Crippen LogP contribution in [0.25, 0.3) is 11.0 Å². The molecule has 2 aromatic rings. The second-order valence-electron chi connectivity index (χ2n) is 4.80. The zero-order chi connectivity index (χ0) is 16.7. The van der Waals surface area contributed by atoms with E-state index in [1.54, 1.807) is 6.92 Å². The first kappa shape index (κ1) is 16.0. The van der Waals surface area contributed by atoms with Gasteiger partial charge in [-0.3, -0.25) is 4.79 Å². The summed E-state index contributed by atoms with van der Waals surface area (Å²) in [5.74, 6) is -2.92. The number of rotatable bonds is 4. The zero-order valence-corrected chi connectivity index (χ0v) is 11.8. The van der Waals surface area contributed by atoms with Crippen molar-refractivity contribution in [1.29, 1.82) is 0 Å². The number of imidazole rings is 1. The van der Waals surface area contributed by atoms with Crippen LogP contribution in [0.3, 0.4) is 0 Å². The Bertz CT molecular complexity index is 750. The topological polar surface area (TPSA) is 72.2 Å². The monoisotopic (exact) mass is 314 g/mol. The van der Waals surface area contributed by atoms with Crippen molar-refractivity contribution in [2.45, 2.75) is 32.5 Å². The Hall–Kier alpha value is -2.38. The standard InChI is InChI=1S/C14H13F3N2O3/c1-3-11(20)8-4-5-10-9(6-8)18-13(14(15,16)17)19(10)7(2)12(21)22/h4-7H,3H2,1-2H3,(H,21,22). The van der Waals surface area contributed by atoms with Gasteiger partial charge in [-0.1, -0.05) is 6.92 Å². The largest absolute Gasteiger partial charge is 0.480 e. The van der Waals surface area contributed by atoms with Crippen molar-refractivity contribution in [2.24, 2.45) is 0 Å². The van der Waals surface area contributed by atoms with Crippen LogP contribution in [-0.2, 0) is 11.0 Å². The highest BCUT2D eigenvalue weighted by Crippen LogP contribution is 2.34. The van der Waals surface area contributed by atoms with Gasteiger partial charge in [0.2, 0.25) is 5.82 Å². The van der Waals surface area contributed by atoms with E-state index in [1.807, 2.05) is 0 Å². The molecule has 1 atom stereocenters. The fraction of sp³-hybridized carbons (Fsp3) is 0.357. The smallest absolute Gasteiger partial charge is 0.449 e. The average Bonchev–Trinajstić information content (AvgIpc) is 2.83. The molecule has 1 aromatic heterocycles. The molecule has 8 heteroatoms. The zero-order valence-electron chi connectivity index (χ0n) is 11.8. The summed E-state index contributed by atoms with van der Waals surface area (Å²) in [7, 11) is 0. The van der Waals surface area contributed by atoms with Gasteiger partial charge in [-0.2, -0.15) is 13.2 Å². The SMILES string of the molecule is CCC(=O)c1ccc2c(c1)nc(C(F)(F)F)n2C(C)C(=O)O. The van der Waals surface area contributed by atoms with Gasteiger partial charge >= 0.3 is 12.1 Å². The lowest BCUT2D eigenvalue weighted by molar-refractivity contribution is -0.150. The maximum Gasteiger partial charge on any atom is 0.449 e. The lowest BCUT2D eigenvalue weighted by Gasteiger charge is -2.15. The van der Waals surface area contributed by atoms with Gasteiger partial charge < -0.3 is 9.67 Å². The van der Waals surface area contributed by atoms with Crippen LogP contribution in [-0.4, -0.2) is 26.4 Å². The summed E-state index contributed by atoms with van der Waals surface area (Å²) in [5.41, 5.74) is 0.214. The Morgan fingerprint density at radius 3 is 2.50 bits per heavy atom. The fourth-order valence-corrected chi connectivity index (χ4v) is 2.18. The van der Waals surface area contributed by atoms with Crippen molar-refractivity contribution in [3.63, 3.8) is 0 Å². The molecule has 0 saturated carbocycles. The van der Waals surface area contributed by atoms with E-state index in [-0.39, 0.29) is 28.8 Å². The number of Topliss-reactive ketones (excluding diaryl/α,β-unsaturated/α-hetero) is 1. The van der Waals surface area contributed by atoms with Gasteiger partial charge in [0, 0.05) is 12.0 Å². The molecular formula is C14H13F3N2O3. The Morgan fingerprint density at radius 1 is 1.36 bits per heavy atom. The van der Waals surface area contributed by atoms with Gasteiger partial charge in [-0.15, -0.1) is 0 Å². The Morgan fingerprint density at radius 2 is 2.00 bits per heavy atom. The number of benzene rings is 1. The summed E-state index contributed by atoms with van der Waals surface area (Å²) in [6.07, 6.45) is -4.58. The number of nitrogens with zero attached hydrogens (tertiary/aromatic N) is 2. The molecule has 1 N–H and O–H groups in total. The Kier molecular flexibility index (Phi) is 3.95. The lowest BCUT2D eigenvalue weighted by atomic mass is 10.1. The lowest BCUT2D eigenvalue weighted by Crippen LogP contribution is -2.22. The summed E-state index contributed by atoms with van der Waals surface area (Å²) in [5, 5.41) is 9.01. The molecule has 1 heterocycles. The number of hydrogen-bond acceptors (Lipinski definition) is 3. The molecule has 118 valence electrons. The van der Waals surface area contributed by atoms with E-state index in [0.29, 0.717) is 4.57 Å². The molecular weight excluding hydrogens is 301 g/mol. The van der Waals surface area contributed by atoms with Crippen molar-refractivity contribution in [1.82, 2.24) is 9.55 Å². The normalized spacial score (nSPS) is 13.3. The minimum absolute atomic E-state index is 0.0230. The first-order chi connectivity index (χ1) is 10.2. The van der Waals surface area contributed by atoms with E-state index in [1.165, 1.54) is 18.2 Å². The highest BCUT2D eigenvalue weighted by molar-refractivity contribution is 5.99. The van der Waals surface area contributed by atoms with Crippen LogP contribution < -0.4 is 0 Å². The van der Waals surface area contributed by atoms with Gasteiger partial charge in [0.05, 0.1) is 11.0 Å². The number of aromatic nitrogens is 2. The third-order valence-corrected chi connectivity index (χ3v) is 3.33. The molecule has 0 amide bonds. The number of fused-ring (bicyclic) bond motifs is 1. The fourth-order valence-electron chi connectivity index (χ4n) is 2.18. The van der Waals surface area contributed by atoms with Crippen LogP contribution in [0.4, 0.5) is 13.2 Å². The minimum Gasteiger partial charge on any atom is -0.480 e.